The highest BCUT2D eigenvalue weighted by molar-refractivity contribution is 8.01. The molecule has 2 aromatic carbocycles. The highest BCUT2D eigenvalue weighted by atomic mass is 32.2. The van der Waals surface area contributed by atoms with Crippen LogP contribution in [0.2, 0.25) is 0 Å². The number of hydrogen-bond donors (Lipinski definition) is 0. The van der Waals surface area contributed by atoms with E-state index in [0.29, 0.717) is 18.5 Å². The second-order valence-electron chi connectivity index (χ2n) is 7.00. The summed E-state index contributed by atoms with van der Waals surface area (Å²) in [4.78, 5) is 42.8. The van der Waals surface area contributed by atoms with Crippen molar-refractivity contribution in [3.63, 3.8) is 0 Å². The lowest BCUT2D eigenvalue weighted by atomic mass is 10.0. The number of rotatable bonds is 6. The fourth-order valence-corrected chi connectivity index (χ4v) is 5.29. The van der Waals surface area contributed by atoms with E-state index in [1.54, 1.807) is 30.0 Å². The highest BCUT2D eigenvalue weighted by Crippen LogP contribution is 2.30. The first-order valence-electron chi connectivity index (χ1n) is 9.55. The summed E-state index contributed by atoms with van der Waals surface area (Å²) in [7, 11) is 0. The van der Waals surface area contributed by atoms with Crippen LogP contribution in [0, 0.1) is 0 Å². The van der Waals surface area contributed by atoms with E-state index in [-0.39, 0.29) is 17.4 Å². The number of hydrogen-bond acceptors (Lipinski definition) is 7. The van der Waals surface area contributed by atoms with Crippen LogP contribution in [0.3, 0.4) is 0 Å². The number of Topliss-reactive ketones (excluding diaryl/α,β-unsaturated/α-hetero) is 1. The Kier molecular flexibility index (Phi) is 5.87. The van der Waals surface area contributed by atoms with Crippen molar-refractivity contribution in [1.82, 2.24) is 4.98 Å². The van der Waals surface area contributed by atoms with Crippen LogP contribution >= 0.6 is 23.1 Å². The van der Waals surface area contributed by atoms with Gasteiger partial charge in [0.05, 0.1) is 16.0 Å². The van der Waals surface area contributed by atoms with Gasteiger partial charge in [-0.2, -0.15) is 0 Å². The first-order valence-corrected chi connectivity index (χ1v) is 11.4. The number of esters is 1. The Labute approximate surface area is 182 Å². The monoisotopic (exact) mass is 440 g/mol. The fraction of sp³-hybridized carbons (Fsp3) is 0.273. The number of ketones is 1. The Morgan fingerprint density at radius 1 is 1.23 bits per heavy atom. The molecule has 0 saturated carbocycles. The molecule has 0 N–H and O–H groups in total. The molecule has 1 atom stereocenters. The summed E-state index contributed by atoms with van der Waals surface area (Å²) >= 11 is 2.83. The standard InChI is InChI=1S/C22H20N2O4S2/c1-13(21(27)16-7-8-18-15(11-16)9-10-24(18)14(2)25)28-20(26)12-29-22-23-17-5-3-4-6-19(17)30-22/h3-8,11,13H,9-10,12H2,1-2H3. The lowest BCUT2D eigenvalue weighted by Crippen LogP contribution is -2.26. The number of carbonyl (C=O) groups excluding carboxylic acids is 3. The number of fused-ring (bicyclic) bond motifs is 2. The number of thiazole rings is 1. The number of para-hydroxylation sites is 1. The molecule has 0 saturated heterocycles. The average molecular weight is 441 g/mol. The molecule has 4 rings (SSSR count). The molecule has 0 spiro atoms. The van der Waals surface area contributed by atoms with Crippen molar-refractivity contribution in [2.45, 2.75) is 30.7 Å². The first-order chi connectivity index (χ1) is 14.4. The summed E-state index contributed by atoms with van der Waals surface area (Å²) in [5.41, 5.74) is 3.19. The van der Waals surface area contributed by atoms with Gasteiger partial charge in [0.1, 0.15) is 0 Å². The van der Waals surface area contributed by atoms with Gasteiger partial charge in [0, 0.05) is 24.7 Å². The minimum Gasteiger partial charge on any atom is -0.454 e. The molecular formula is C22H20N2O4S2. The molecule has 1 aliphatic rings. The molecule has 1 aliphatic heterocycles. The van der Waals surface area contributed by atoms with Gasteiger partial charge in [-0.3, -0.25) is 14.4 Å². The number of thioether (sulfide) groups is 1. The van der Waals surface area contributed by atoms with Crippen molar-refractivity contribution in [2.75, 3.05) is 17.2 Å². The number of ether oxygens (including phenoxy) is 1. The topological polar surface area (TPSA) is 76.6 Å². The summed E-state index contributed by atoms with van der Waals surface area (Å²) in [6, 6.07) is 13.1. The summed E-state index contributed by atoms with van der Waals surface area (Å²) in [5, 5.41) is 0. The second-order valence-corrected chi connectivity index (χ2v) is 9.25. The van der Waals surface area contributed by atoms with Gasteiger partial charge in [0.25, 0.3) is 0 Å². The van der Waals surface area contributed by atoms with E-state index >= 15 is 0 Å². The Bertz CT molecular complexity index is 1110. The zero-order chi connectivity index (χ0) is 21.3. The molecule has 0 bridgehead atoms. The third-order valence-corrected chi connectivity index (χ3v) is 7.06. The van der Waals surface area contributed by atoms with Crippen LogP contribution in [0.5, 0.6) is 0 Å². The zero-order valence-corrected chi connectivity index (χ0v) is 18.2. The average Bonchev–Trinajstić information content (AvgIpc) is 3.34. The molecule has 2 heterocycles. The molecule has 0 fully saturated rings. The third-order valence-electron chi connectivity index (χ3n) is 4.90. The van der Waals surface area contributed by atoms with Crippen molar-refractivity contribution >= 4 is 56.7 Å². The second kappa shape index (κ2) is 8.57. The Balaban J connectivity index is 1.35. The van der Waals surface area contributed by atoms with E-state index in [1.165, 1.54) is 30.0 Å². The molecule has 0 radical (unpaired) electrons. The number of benzene rings is 2. The Hall–Kier alpha value is -2.71. The van der Waals surface area contributed by atoms with Crippen molar-refractivity contribution in [3.05, 3.63) is 53.6 Å². The summed E-state index contributed by atoms with van der Waals surface area (Å²) in [5.74, 6) is -0.628. The number of amides is 1. The number of nitrogens with zero attached hydrogens (tertiary/aromatic N) is 2. The SMILES string of the molecule is CC(=O)N1CCc2cc(C(=O)C(C)OC(=O)CSc3nc4ccccc4s3)ccc21. The highest BCUT2D eigenvalue weighted by Gasteiger charge is 2.25. The van der Waals surface area contributed by atoms with Crippen LogP contribution in [0.25, 0.3) is 10.2 Å². The van der Waals surface area contributed by atoms with Gasteiger partial charge in [-0.25, -0.2) is 4.98 Å². The van der Waals surface area contributed by atoms with Gasteiger partial charge in [0.15, 0.2) is 10.4 Å². The molecule has 3 aromatic rings. The van der Waals surface area contributed by atoms with Crippen LogP contribution in [0.1, 0.15) is 29.8 Å². The third kappa shape index (κ3) is 4.24. The molecule has 1 amide bonds. The van der Waals surface area contributed by atoms with Crippen LogP contribution in [-0.4, -0.2) is 41.0 Å². The maximum absolute atomic E-state index is 12.7. The molecule has 154 valence electrons. The van der Waals surface area contributed by atoms with Gasteiger partial charge < -0.3 is 9.64 Å². The van der Waals surface area contributed by atoms with Gasteiger partial charge >= 0.3 is 5.97 Å². The van der Waals surface area contributed by atoms with Crippen LogP contribution < -0.4 is 4.90 Å². The molecule has 1 unspecified atom stereocenters. The normalized spacial score (nSPS) is 13.9. The van der Waals surface area contributed by atoms with E-state index in [1.807, 2.05) is 24.3 Å². The fourth-order valence-electron chi connectivity index (χ4n) is 3.44. The maximum atomic E-state index is 12.7. The summed E-state index contributed by atoms with van der Waals surface area (Å²) in [6.07, 6.45) is -0.167. The maximum Gasteiger partial charge on any atom is 0.317 e. The minimum atomic E-state index is -0.878. The van der Waals surface area contributed by atoms with Gasteiger partial charge in [-0.1, -0.05) is 23.9 Å². The number of anilines is 1. The smallest absolute Gasteiger partial charge is 0.317 e. The molecule has 6 nitrogen and oxygen atoms in total. The predicted molar refractivity (Wildman–Crippen MR) is 118 cm³/mol. The Morgan fingerprint density at radius 3 is 2.80 bits per heavy atom. The van der Waals surface area contributed by atoms with Crippen molar-refractivity contribution in [2.24, 2.45) is 0 Å². The summed E-state index contributed by atoms with van der Waals surface area (Å²) < 4.78 is 7.20. The van der Waals surface area contributed by atoms with Gasteiger partial charge in [0.2, 0.25) is 11.7 Å². The quantitative estimate of drug-likeness (QED) is 0.326. The van der Waals surface area contributed by atoms with E-state index in [4.69, 9.17) is 4.74 Å². The largest absolute Gasteiger partial charge is 0.454 e. The lowest BCUT2D eigenvalue weighted by molar-refractivity contribution is -0.143. The minimum absolute atomic E-state index is 0.0132. The van der Waals surface area contributed by atoms with Crippen molar-refractivity contribution < 1.29 is 19.1 Å². The molecule has 0 aliphatic carbocycles. The van der Waals surface area contributed by atoms with E-state index in [2.05, 4.69) is 4.98 Å². The van der Waals surface area contributed by atoms with E-state index in [0.717, 1.165) is 25.8 Å². The molecule has 1 aromatic heterocycles. The van der Waals surface area contributed by atoms with Crippen LogP contribution in [-0.2, 0) is 20.7 Å². The number of carbonyl (C=O) groups is 3. The number of aromatic nitrogens is 1. The van der Waals surface area contributed by atoms with Crippen molar-refractivity contribution in [3.8, 4) is 0 Å². The van der Waals surface area contributed by atoms with Gasteiger partial charge in [-0.15, -0.1) is 11.3 Å². The van der Waals surface area contributed by atoms with Gasteiger partial charge in [-0.05, 0) is 49.2 Å². The molecule has 30 heavy (non-hydrogen) atoms. The predicted octanol–water partition coefficient (Wildman–Crippen LogP) is 4.11. The molecule has 8 heteroatoms. The van der Waals surface area contributed by atoms with Crippen LogP contribution in [0.4, 0.5) is 5.69 Å². The van der Waals surface area contributed by atoms with E-state index < -0.39 is 12.1 Å². The van der Waals surface area contributed by atoms with E-state index in [9.17, 15) is 14.4 Å². The van der Waals surface area contributed by atoms with Crippen molar-refractivity contribution in [1.29, 1.82) is 0 Å². The molecular weight excluding hydrogens is 420 g/mol. The Morgan fingerprint density at radius 2 is 2.03 bits per heavy atom. The summed E-state index contributed by atoms with van der Waals surface area (Å²) in [6.45, 7) is 3.73. The lowest BCUT2D eigenvalue weighted by Gasteiger charge is -2.16. The first kappa shape index (κ1) is 20.6. The zero-order valence-electron chi connectivity index (χ0n) is 16.6. The van der Waals surface area contributed by atoms with Crippen LogP contribution in [0.15, 0.2) is 46.8 Å².